The Balaban J connectivity index is 0.994. The number of H-pyrrole nitrogens is 3. The molecular weight excluding hydrogens is 1270 g/mol. The molecule has 10 amide bonds. The fraction of sp³-hybridized carbons (Fsp3) is 0.391. The van der Waals surface area contributed by atoms with Crippen LogP contribution < -0.4 is 47.7 Å². The molecule has 0 radical (unpaired) electrons. The van der Waals surface area contributed by atoms with Gasteiger partial charge in [0.15, 0.2) is 0 Å². The van der Waals surface area contributed by atoms with Gasteiger partial charge in [0.1, 0.15) is 65.2 Å². The number of nitrogens with zero attached hydrogens (tertiary/aromatic N) is 3. The molecule has 0 unspecified atom stereocenters. The van der Waals surface area contributed by atoms with E-state index in [1.165, 1.54) is 87.2 Å². The number of carbonyl (C=O) groups excluding carboxylic acids is 10. The van der Waals surface area contributed by atoms with Crippen LogP contribution in [0.3, 0.4) is 0 Å². The summed E-state index contributed by atoms with van der Waals surface area (Å²) in [5, 5.41) is 29.5. The molecule has 13 N–H and O–H groups in total. The summed E-state index contributed by atoms with van der Waals surface area (Å²) in [5.41, 5.74) is 7.52. The third-order valence-electron chi connectivity index (χ3n) is 18.5. The van der Waals surface area contributed by atoms with Gasteiger partial charge in [0, 0.05) is 110 Å². The number of ether oxygens (including phenoxy) is 1. The lowest BCUT2D eigenvalue weighted by molar-refractivity contribution is -0.147. The maximum Gasteiger partial charge on any atom is 0.305 e. The maximum absolute atomic E-state index is 15.3. The first-order valence-corrected chi connectivity index (χ1v) is 32.4. The van der Waals surface area contributed by atoms with Crippen molar-refractivity contribution in [2.24, 2.45) is 11.7 Å². The predicted molar refractivity (Wildman–Crippen MR) is 351 cm³/mol. The molecule has 8 heterocycles. The number of nitrogens with one attached hydrogen (secondary N) is 10. The van der Waals surface area contributed by atoms with Crippen molar-refractivity contribution < 1.29 is 71.4 Å². The fourth-order valence-corrected chi connectivity index (χ4v) is 12.9. The average Bonchev–Trinajstić information content (AvgIpc) is 1.57. The Kier molecular flexibility index (Phi) is 22.0. The molecule has 0 saturated carbocycles. The third-order valence-corrected chi connectivity index (χ3v) is 18.5. The number of carboxylic acids is 1. The Bertz CT molecular complexity index is 4140. The molecule has 98 heavy (non-hydrogen) atoms. The van der Waals surface area contributed by atoms with Crippen LogP contribution in [0.2, 0.25) is 0 Å². The van der Waals surface area contributed by atoms with E-state index in [1.807, 2.05) is 0 Å². The second-order valence-corrected chi connectivity index (χ2v) is 25.4. The average molecular weight is 1350 g/mol. The van der Waals surface area contributed by atoms with Gasteiger partial charge in [-0.15, -0.1) is 0 Å². The molecule has 3 aromatic heterocycles. The number of rotatable bonds is 12. The van der Waals surface area contributed by atoms with Gasteiger partial charge in [0.05, 0.1) is 19.9 Å². The van der Waals surface area contributed by atoms with Gasteiger partial charge >= 0.3 is 5.97 Å². The zero-order valence-electron chi connectivity index (χ0n) is 54.1. The largest absolute Gasteiger partial charge is 0.497 e. The summed E-state index contributed by atoms with van der Waals surface area (Å²) in [4.78, 5) is 173. The van der Waals surface area contributed by atoms with Gasteiger partial charge in [-0.3, -0.25) is 52.7 Å². The van der Waals surface area contributed by atoms with Crippen LogP contribution >= 0.6 is 0 Å². The van der Waals surface area contributed by atoms with Crippen molar-refractivity contribution >= 4 is 86.8 Å². The van der Waals surface area contributed by atoms with Crippen molar-refractivity contribution in [3.05, 3.63) is 155 Å². The first kappa shape index (κ1) is 69.8. The number of carbonyl (C=O) groups is 11. The molecule has 29 heteroatoms. The number of piperidine rings is 1. The molecule has 2 saturated heterocycles. The van der Waals surface area contributed by atoms with E-state index in [-0.39, 0.29) is 73.5 Å². The Morgan fingerprint density at radius 2 is 1.21 bits per heavy atom. The molecule has 7 aromatic rings. The maximum atomic E-state index is 15.3. The Morgan fingerprint density at radius 1 is 0.653 bits per heavy atom. The Hall–Kier alpha value is -11.0. The summed E-state index contributed by atoms with van der Waals surface area (Å²) >= 11 is 0. The van der Waals surface area contributed by atoms with E-state index < -0.39 is 131 Å². The van der Waals surface area contributed by atoms with Crippen LogP contribution in [0.15, 0.2) is 110 Å². The lowest BCUT2D eigenvalue weighted by atomic mass is 9.91. The summed E-state index contributed by atoms with van der Waals surface area (Å²) in [7, 11) is 1.46. The monoisotopic (exact) mass is 1350 g/mol. The number of imidazole rings is 1. The highest BCUT2D eigenvalue weighted by molar-refractivity contribution is 6.01. The van der Waals surface area contributed by atoms with Crippen molar-refractivity contribution in [2.45, 2.75) is 139 Å². The Morgan fingerprint density at radius 3 is 1.78 bits per heavy atom. The fourth-order valence-electron chi connectivity index (χ4n) is 12.9. The van der Waals surface area contributed by atoms with Crippen molar-refractivity contribution in [3.63, 3.8) is 0 Å². The van der Waals surface area contributed by atoms with E-state index in [9.17, 15) is 47.4 Å². The molecular formula is C69H78F2N14O13. The SMILES string of the molecule is COc1ccc(C[C@@H]2NC(=O)[C@H](Cc3cnc[nH]3)NC(=O)[C@H](CC(=O)O)NC(=O)[C@H](Cc3c[nH]c4ccc(F)cc34)NC(=O)[C@H](Cc3c[nH]c4ccc(F)cc34)NC(=O)[C@@H](C)NC(=O)CCC3CCN(CC3)C(=O)c3ccc(cc3)C[C@@H](C(N)=O)NC(=O)[C@]3(C)CCCN3C2=O)cc1. The normalized spacial score (nSPS) is 24.1. The summed E-state index contributed by atoms with van der Waals surface area (Å²) < 4.78 is 35.1. The van der Waals surface area contributed by atoms with Crippen LogP contribution in [0.4, 0.5) is 8.78 Å². The van der Waals surface area contributed by atoms with E-state index in [1.54, 1.807) is 53.4 Å². The first-order valence-electron chi connectivity index (χ1n) is 32.4. The van der Waals surface area contributed by atoms with E-state index in [2.05, 4.69) is 57.2 Å². The minimum atomic E-state index is -2.02. The minimum absolute atomic E-state index is 0.00421. The van der Waals surface area contributed by atoms with Gasteiger partial charge < -0.3 is 77.5 Å². The second-order valence-electron chi connectivity index (χ2n) is 25.4. The van der Waals surface area contributed by atoms with Gasteiger partial charge in [0.25, 0.3) is 5.91 Å². The number of nitrogens with two attached hydrogens (primary N) is 1. The van der Waals surface area contributed by atoms with E-state index in [4.69, 9.17) is 10.5 Å². The number of fused-ring (bicyclic) bond motifs is 4. The highest BCUT2D eigenvalue weighted by Gasteiger charge is 2.49. The van der Waals surface area contributed by atoms with Crippen LogP contribution in [0.1, 0.15) is 97.1 Å². The number of aromatic amines is 3. The Labute approximate surface area is 560 Å². The zero-order chi connectivity index (χ0) is 69.9. The van der Waals surface area contributed by atoms with Crippen LogP contribution in [0.5, 0.6) is 5.75 Å². The lowest BCUT2D eigenvalue weighted by Gasteiger charge is -2.37. The zero-order valence-corrected chi connectivity index (χ0v) is 54.1. The van der Waals surface area contributed by atoms with Crippen LogP contribution in [-0.2, 0) is 80.0 Å². The highest BCUT2D eigenvalue weighted by Crippen LogP contribution is 2.32. The van der Waals surface area contributed by atoms with Crippen LogP contribution in [0, 0.1) is 17.6 Å². The lowest BCUT2D eigenvalue weighted by Crippen LogP contribution is -2.63. The summed E-state index contributed by atoms with van der Waals surface area (Å²) in [6, 6.07) is 9.77. The van der Waals surface area contributed by atoms with Crippen molar-refractivity contribution in [2.75, 3.05) is 26.7 Å². The molecule has 27 nitrogen and oxygen atoms in total. The smallest absolute Gasteiger partial charge is 0.305 e. The standard InChI is InChI=1S/C69H78F2N14O13/c1-37-61(90)78-53(27-42-33-74-50-16-12-44(70)29-48(42)50)62(91)79-54(28-43-34-75-51-17-13-45(71)30-49(43)51)63(92)81-56(32-59(87)88)65(94)80-55(31-46-35-73-36-76-46)64(93)82-57(26-40-7-14-47(98-3)15-8-40)67(96)85-22-4-21-69(85,2)68(97)83-52(60(72)89)25-39-5-10-41(11-6-39)66(95)84-23-19-38(20-24-84)9-18-58(86)77-37/h5-8,10-17,29-30,33-38,52-57,74-75H,4,9,18-28,31-32H2,1-3H3,(H2,72,89)(H,73,76)(H,77,86)(H,78,90)(H,79,91)(H,80,94)(H,81,92)(H,82,93)(H,83,97)(H,87,88)/t37-,52+,53+,54+,55+,56+,57+,69+/m1/s1. The van der Waals surface area contributed by atoms with E-state index in [0.717, 1.165) is 0 Å². The second kappa shape index (κ2) is 30.8. The van der Waals surface area contributed by atoms with Gasteiger partial charge in [-0.1, -0.05) is 24.3 Å². The van der Waals surface area contributed by atoms with Crippen molar-refractivity contribution in [1.82, 2.24) is 67.0 Å². The number of methoxy groups -OCH3 is 1. The number of aliphatic carboxylic acids is 1. The van der Waals surface area contributed by atoms with Gasteiger partial charge in [0.2, 0.25) is 53.2 Å². The number of hydrogen-bond donors (Lipinski definition) is 12. The molecule has 8 atom stereocenters. The molecule has 2 fully saturated rings. The molecule has 5 aliphatic rings. The molecule has 0 aliphatic carbocycles. The van der Waals surface area contributed by atoms with Crippen LogP contribution in [-0.4, -0.2) is 174 Å². The van der Waals surface area contributed by atoms with Crippen molar-refractivity contribution in [1.29, 1.82) is 0 Å². The highest BCUT2D eigenvalue weighted by atomic mass is 19.1. The molecule has 4 bridgehead atoms. The van der Waals surface area contributed by atoms with Gasteiger partial charge in [-0.05, 0) is 135 Å². The number of carboxylic acid groups (broad SMARTS) is 1. The van der Waals surface area contributed by atoms with Crippen molar-refractivity contribution in [3.8, 4) is 5.75 Å². The molecule has 12 rings (SSSR count). The molecule has 4 aromatic carbocycles. The van der Waals surface area contributed by atoms with E-state index >= 15 is 19.2 Å². The number of hydrogen-bond acceptors (Lipinski definition) is 13. The molecule has 0 spiro atoms. The third kappa shape index (κ3) is 17.0. The quantitative estimate of drug-likeness (QED) is 0.0837. The summed E-state index contributed by atoms with van der Waals surface area (Å²) in [6.45, 7) is 3.71. The van der Waals surface area contributed by atoms with E-state index in [0.29, 0.717) is 83.2 Å². The minimum Gasteiger partial charge on any atom is -0.497 e. The molecule has 5 aliphatic heterocycles. The number of benzene rings is 4. The number of primary amides is 1. The summed E-state index contributed by atoms with van der Waals surface area (Å²) in [6.07, 6.45) is 5.07. The van der Waals surface area contributed by atoms with Gasteiger partial charge in [-0.2, -0.15) is 0 Å². The number of aromatic nitrogens is 4. The van der Waals surface area contributed by atoms with Gasteiger partial charge in [-0.25, -0.2) is 13.8 Å². The molecule has 516 valence electrons. The number of halogens is 2. The topological polar surface area (TPSA) is 394 Å². The van der Waals surface area contributed by atoms with Crippen LogP contribution in [0.25, 0.3) is 21.8 Å². The predicted octanol–water partition coefficient (Wildman–Crippen LogP) is 2.57. The summed E-state index contributed by atoms with van der Waals surface area (Å²) in [5.74, 6) is -10.7. The number of amides is 10. The first-order chi connectivity index (χ1) is 46.9.